The van der Waals surface area contributed by atoms with Crippen LogP contribution in [0, 0.1) is 0 Å². The maximum absolute atomic E-state index is 10.5. The zero-order valence-corrected chi connectivity index (χ0v) is 8.44. The van der Waals surface area contributed by atoms with Crippen molar-refractivity contribution in [2.75, 3.05) is 6.54 Å². The molecule has 0 fully saturated rings. The number of nitrogens with two attached hydrogens (primary N) is 1. The van der Waals surface area contributed by atoms with Gasteiger partial charge in [0.1, 0.15) is 6.04 Å². The van der Waals surface area contributed by atoms with Gasteiger partial charge in [0.05, 0.1) is 0 Å². The molecule has 1 atom stereocenters. The third-order valence-corrected chi connectivity index (χ3v) is 1.14. The van der Waals surface area contributed by atoms with Gasteiger partial charge in [0, 0.05) is 12.1 Å². The molecule has 0 unspecified atom stereocenters. The van der Waals surface area contributed by atoms with Crippen LogP contribution in [0.1, 0.15) is 20.8 Å². The SMILES string of the molecule is CC(C)(C)N[C@@H](CN)C(=O)O.Cl. The second kappa shape index (κ2) is 5.35. The fraction of sp³-hybridized carbons (Fsp3) is 0.857. The Morgan fingerprint density at radius 3 is 2.08 bits per heavy atom. The smallest absolute Gasteiger partial charge is 0.322 e. The van der Waals surface area contributed by atoms with Crippen molar-refractivity contribution in [1.29, 1.82) is 0 Å². The number of nitrogens with one attached hydrogen (secondary N) is 1. The quantitative estimate of drug-likeness (QED) is 0.603. The summed E-state index contributed by atoms with van der Waals surface area (Å²) in [7, 11) is 0. The van der Waals surface area contributed by atoms with Gasteiger partial charge in [-0.1, -0.05) is 0 Å². The summed E-state index contributed by atoms with van der Waals surface area (Å²) in [5, 5.41) is 11.5. The van der Waals surface area contributed by atoms with Crippen molar-refractivity contribution >= 4 is 18.4 Å². The first-order chi connectivity index (χ1) is 4.87. The Hall–Kier alpha value is -0.320. The minimum absolute atomic E-state index is 0. The van der Waals surface area contributed by atoms with Gasteiger partial charge in [-0.25, -0.2) is 0 Å². The summed E-state index contributed by atoms with van der Waals surface area (Å²) in [4.78, 5) is 10.5. The highest BCUT2D eigenvalue weighted by Crippen LogP contribution is 2.00. The zero-order chi connectivity index (χ0) is 9.07. The van der Waals surface area contributed by atoms with Crippen molar-refractivity contribution in [2.45, 2.75) is 32.4 Å². The van der Waals surface area contributed by atoms with Crippen LogP contribution in [0.2, 0.25) is 0 Å². The van der Waals surface area contributed by atoms with Crippen LogP contribution in [0.5, 0.6) is 0 Å². The Kier molecular flexibility index (Phi) is 6.34. The van der Waals surface area contributed by atoms with Crippen molar-refractivity contribution in [3.05, 3.63) is 0 Å². The summed E-state index contributed by atoms with van der Waals surface area (Å²) >= 11 is 0. The van der Waals surface area contributed by atoms with Gasteiger partial charge in [-0.3, -0.25) is 10.1 Å². The van der Waals surface area contributed by atoms with Crippen LogP contribution in [0.3, 0.4) is 0 Å². The highest BCUT2D eigenvalue weighted by Gasteiger charge is 2.21. The molecule has 0 radical (unpaired) electrons. The number of carboxylic acids is 1. The molecule has 0 aromatic heterocycles. The van der Waals surface area contributed by atoms with E-state index < -0.39 is 12.0 Å². The van der Waals surface area contributed by atoms with Gasteiger partial charge in [-0.15, -0.1) is 12.4 Å². The van der Waals surface area contributed by atoms with Crippen molar-refractivity contribution in [1.82, 2.24) is 5.32 Å². The first-order valence-corrected chi connectivity index (χ1v) is 3.57. The Balaban J connectivity index is 0. The Morgan fingerprint density at radius 2 is 2.00 bits per heavy atom. The molecule has 0 aliphatic carbocycles. The predicted molar refractivity (Wildman–Crippen MR) is 50.6 cm³/mol. The van der Waals surface area contributed by atoms with E-state index in [0.29, 0.717) is 0 Å². The predicted octanol–water partition coefficient (Wildman–Crippen LogP) is 0.208. The van der Waals surface area contributed by atoms with Gasteiger partial charge in [-0.2, -0.15) is 0 Å². The molecule has 0 spiro atoms. The van der Waals surface area contributed by atoms with E-state index in [-0.39, 0.29) is 24.5 Å². The number of hydrogen-bond acceptors (Lipinski definition) is 3. The maximum atomic E-state index is 10.5. The van der Waals surface area contributed by atoms with Crippen LogP contribution in [-0.4, -0.2) is 29.2 Å². The lowest BCUT2D eigenvalue weighted by Gasteiger charge is -2.24. The van der Waals surface area contributed by atoms with Crippen molar-refractivity contribution < 1.29 is 9.90 Å². The van der Waals surface area contributed by atoms with Gasteiger partial charge in [0.15, 0.2) is 0 Å². The highest BCUT2D eigenvalue weighted by atomic mass is 35.5. The second-order valence-electron chi connectivity index (χ2n) is 3.52. The van der Waals surface area contributed by atoms with Crippen molar-refractivity contribution in [3.8, 4) is 0 Å². The molecule has 0 saturated carbocycles. The van der Waals surface area contributed by atoms with Gasteiger partial charge in [-0.05, 0) is 20.8 Å². The molecular weight excluding hydrogens is 180 g/mol. The summed E-state index contributed by atoms with van der Waals surface area (Å²) in [6, 6.07) is -0.644. The molecule has 0 aromatic rings. The molecular formula is C7H17ClN2O2. The van der Waals surface area contributed by atoms with Crippen LogP contribution in [-0.2, 0) is 4.79 Å². The average molecular weight is 197 g/mol. The molecule has 0 aliphatic rings. The Bertz CT molecular complexity index is 145. The molecule has 4 N–H and O–H groups in total. The first-order valence-electron chi connectivity index (χ1n) is 3.57. The number of carboxylic acid groups (broad SMARTS) is 1. The average Bonchev–Trinajstić information content (AvgIpc) is 1.80. The van der Waals surface area contributed by atoms with E-state index in [0.717, 1.165) is 0 Å². The summed E-state index contributed by atoms with van der Waals surface area (Å²) in [6.45, 7) is 5.82. The molecule has 74 valence electrons. The molecule has 0 aromatic carbocycles. The second-order valence-corrected chi connectivity index (χ2v) is 3.52. The lowest BCUT2D eigenvalue weighted by molar-refractivity contribution is -0.139. The summed E-state index contributed by atoms with van der Waals surface area (Å²) < 4.78 is 0. The zero-order valence-electron chi connectivity index (χ0n) is 7.63. The minimum atomic E-state index is -0.901. The molecule has 0 rings (SSSR count). The number of hydrogen-bond donors (Lipinski definition) is 3. The summed E-state index contributed by atoms with van der Waals surface area (Å²) in [5.41, 5.74) is 5.03. The molecule has 0 amide bonds. The van der Waals surface area contributed by atoms with E-state index in [1.165, 1.54) is 0 Å². The first kappa shape index (κ1) is 14.2. The van der Waals surface area contributed by atoms with Crippen LogP contribution in [0.4, 0.5) is 0 Å². The van der Waals surface area contributed by atoms with Crippen LogP contribution < -0.4 is 11.1 Å². The lowest BCUT2D eigenvalue weighted by atomic mass is 10.1. The fourth-order valence-corrected chi connectivity index (χ4v) is 0.744. The molecule has 5 heteroatoms. The Labute approximate surface area is 78.9 Å². The van der Waals surface area contributed by atoms with Gasteiger partial charge in [0.25, 0.3) is 0 Å². The van der Waals surface area contributed by atoms with Gasteiger partial charge < -0.3 is 10.8 Å². The number of aliphatic carboxylic acids is 1. The lowest BCUT2D eigenvalue weighted by Crippen LogP contribution is -2.51. The molecule has 0 aliphatic heterocycles. The number of halogens is 1. The molecule has 4 nitrogen and oxygen atoms in total. The Morgan fingerprint density at radius 1 is 1.58 bits per heavy atom. The standard InChI is InChI=1S/C7H16N2O2.ClH/c1-7(2,3)9-5(4-8)6(10)11;/h5,9H,4,8H2,1-3H3,(H,10,11);1H/t5-;/m0./s1. The third kappa shape index (κ3) is 6.39. The normalized spacial score (nSPS) is 13.3. The van der Waals surface area contributed by atoms with E-state index in [1.54, 1.807) is 0 Å². The maximum Gasteiger partial charge on any atom is 0.322 e. The van der Waals surface area contributed by atoms with Crippen LogP contribution >= 0.6 is 12.4 Å². The summed E-state index contributed by atoms with van der Waals surface area (Å²) in [6.07, 6.45) is 0. The molecule has 0 bridgehead atoms. The number of carbonyl (C=O) groups is 1. The molecule has 0 saturated heterocycles. The monoisotopic (exact) mass is 196 g/mol. The summed E-state index contributed by atoms with van der Waals surface area (Å²) in [5.74, 6) is -0.901. The van der Waals surface area contributed by atoms with Gasteiger partial charge in [0.2, 0.25) is 0 Å². The highest BCUT2D eigenvalue weighted by molar-refractivity contribution is 5.85. The van der Waals surface area contributed by atoms with Crippen LogP contribution in [0.25, 0.3) is 0 Å². The minimum Gasteiger partial charge on any atom is -0.480 e. The topological polar surface area (TPSA) is 75.3 Å². The fourth-order valence-electron chi connectivity index (χ4n) is 0.744. The van der Waals surface area contributed by atoms with Crippen molar-refractivity contribution in [2.24, 2.45) is 5.73 Å². The van der Waals surface area contributed by atoms with E-state index in [1.807, 2.05) is 20.8 Å². The number of rotatable bonds is 3. The van der Waals surface area contributed by atoms with E-state index >= 15 is 0 Å². The van der Waals surface area contributed by atoms with Gasteiger partial charge >= 0.3 is 5.97 Å². The van der Waals surface area contributed by atoms with E-state index in [2.05, 4.69) is 5.32 Å². The van der Waals surface area contributed by atoms with Crippen molar-refractivity contribution in [3.63, 3.8) is 0 Å². The van der Waals surface area contributed by atoms with E-state index in [4.69, 9.17) is 10.8 Å². The molecule has 12 heavy (non-hydrogen) atoms. The van der Waals surface area contributed by atoms with Crippen LogP contribution in [0.15, 0.2) is 0 Å². The largest absolute Gasteiger partial charge is 0.480 e. The third-order valence-electron chi connectivity index (χ3n) is 1.14. The van der Waals surface area contributed by atoms with E-state index in [9.17, 15) is 4.79 Å². The molecule has 0 heterocycles.